The third-order valence-corrected chi connectivity index (χ3v) is 6.28. The van der Waals surface area contributed by atoms with Gasteiger partial charge in [0.1, 0.15) is 12.4 Å². The van der Waals surface area contributed by atoms with E-state index in [-0.39, 0.29) is 12.5 Å². The van der Waals surface area contributed by atoms with E-state index in [2.05, 4.69) is 47.5 Å². The number of nitrogens with zero attached hydrogens (tertiary/aromatic N) is 2. The Labute approximate surface area is 159 Å². The summed E-state index contributed by atoms with van der Waals surface area (Å²) in [5, 5.41) is 10.0. The molecule has 25 heavy (non-hydrogen) atoms. The van der Waals surface area contributed by atoms with Crippen LogP contribution in [0.4, 0.5) is 0 Å². The van der Waals surface area contributed by atoms with Gasteiger partial charge in [-0.3, -0.25) is 0 Å². The van der Waals surface area contributed by atoms with Gasteiger partial charge >= 0.3 is 0 Å². The lowest BCUT2D eigenvalue weighted by atomic mass is 10.1. The smallest absolute Gasteiger partial charge is 0.230 e. The lowest BCUT2D eigenvalue weighted by Gasteiger charge is -2.16. The van der Waals surface area contributed by atoms with Gasteiger partial charge in [0, 0.05) is 32.9 Å². The summed E-state index contributed by atoms with van der Waals surface area (Å²) in [6.07, 6.45) is 2.72. The molecule has 0 aromatic carbocycles. The van der Waals surface area contributed by atoms with Crippen LogP contribution in [0.1, 0.15) is 13.3 Å². The fourth-order valence-electron chi connectivity index (χ4n) is 2.34. The Morgan fingerprint density at radius 1 is 1.36 bits per heavy atom. The minimum absolute atomic E-state index is 0.176. The zero-order valence-corrected chi connectivity index (χ0v) is 18.2. The van der Waals surface area contributed by atoms with Crippen molar-refractivity contribution < 1.29 is 14.6 Å². The minimum Gasteiger partial charge on any atom is -0.477 e. The van der Waals surface area contributed by atoms with Crippen LogP contribution < -0.4 is 4.74 Å². The highest BCUT2D eigenvalue weighted by Crippen LogP contribution is 2.28. The molecule has 2 rings (SSSR count). The zero-order valence-electron chi connectivity index (χ0n) is 15.6. The van der Waals surface area contributed by atoms with Gasteiger partial charge in [-0.05, 0) is 46.4 Å². The Balaban J connectivity index is 2.03. The molecule has 5 nitrogen and oxygen atoms in total. The fraction of sp³-hybridized carbons (Fsp3) is 0.611. The summed E-state index contributed by atoms with van der Waals surface area (Å²) in [6.45, 7) is 11.1. The Kier molecular flexibility index (Phi) is 7.48. The molecule has 0 aliphatic heterocycles. The number of pyridine rings is 1. The van der Waals surface area contributed by atoms with Gasteiger partial charge in [-0.2, -0.15) is 4.98 Å². The molecule has 1 atom stereocenters. The zero-order chi connectivity index (χ0) is 18.4. The van der Waals surface area contributed by atoms with Crippen LogP contribution in [-0.2, 0) is 11.5 Å². The lowest BCUT2D eigenvalue weighted by Crippen LogP contribution is -2.22. The maximum absolute atomic E-state index is 9.00. The predicted molar refractivity (Wildman–Crippen MR) is 108 cm³/mol. The Hall–Kier alpha value is -0.893. The minimum atomic E-state index is -1.07. The van der Waals surface area contributed by atoms with Crippen molar-refractivity contribution in [1.82, 2.24) is 9.55 Å². The highest BCUT2D eigenvalue weighted by molar-refractivity contribution is 9.10. The summed E-state index contributed by atoms with van der Waals surface area (Å²) in [6, 6.07) is 5.21. The van der Waals surface area contributed by atoms with Crippen LogP contribution in [0.25, 0.3) is 11.0 Å². The van der Waals surface area contributed by atoms with E-state index in [0.29, 0.717) is 19.2 Å². The summed E-state index contributed by atoms with van der Waals surface area (Å²) in [5.74, 6) is 0.866. The number of halogens is 1. The third-order valence-electron chi connectivity index (χ3n) is 4.01. The van der Waals surface area contributed by atoms with Crippen LogP contribution in [0.2, 0.25) is 25.7 Å². The van der Waals surface area contributed by atoms with Crippen molar-refractivity contribution in [3.8, 4) is 5.88 Å². The molecule has 2 heterocycles. The summed E-state index contributed by atoms with van der Waals surface area (Å²) in [5.41, 5.74) is 0.862. The molecule has 0 aliphatic carbocycles. The van der Waals surface area contributed by atoms with Gasteiger partial charge in [-0.25, -0.2) is 0 Å². The number of rotatable bonds is 10. The van der Waals surface area contributed by atoms with Crippen LogP contribution >= 0.6 is 15.9 Å². The average Bonchev–Trinajstić information content (AvgIpc) is 2.90. The second-order valence-electron chi connectivity index (χ2n) is 7.75. The van der Waals surface area contributed by atoms with Crippen LogP contribution in [0, 0.1) is 5.92 Å². The monoisotopic (exact) mass is 428 g/mol. The van der Waals surface area contributed by atoms with E-state index < -0.39 is 8.07 Å². The lowest BCUT2D eigenvalue weighted by molar-refractivity contribution is 0.0898. The van der Waals surface area contributed by atoms with Crippen LogP contribution in [0.5, 0.6) is 5.88 Å². The van der Waals surface area contributed by atoms with Crippen molar-refractivity contribution in [2.24, 2.45) is 5.92 Å². The highest BCUT2D eigenvalue weighted by Gasteiger charge is 2.13. The molecule has 2 aromatic heterocycles. The van der Waals surface area contributed by atoms with E-state index in [1.165, 1.54) is 0 Å². The molecule has 0 amide bonds. The predicted octanol–water partition coefficient (Wildman–Crippen LogP) is 4.51. The first-order valence-corrected chi connectivity index (χ1v) is 13.3. The quantitative estimate of drug-likeness (QED) is 0.446. The summed E-state index contributed by atoms with van der Waals surface area (Å²) >= 11 is 3.53. The topological polar surface area (TPSA) is 56.5 Å². The standard InChI is InChI=1S/C18H29BrN2O3Si/c1-14(6-8-22)12-24-18-16(19)11-15-5-7-21(17(15)20-18)13-23-9-10-25(2,3)4/h5,7,11,14,22H,6,8-10,12-13H2,1-4H3. The fourth-order valence-corrected chi connectivity index (χ4v) is 3.55. The number of aliphatic hydroxyl groups is 1. The average molecular weight is 429 g/mol. The van der Waals surface area contributed by atoms with E-state index in [0.717, 1.165) is 34.6 Å². The van der Waals surface area contributed by atoms with Crippen molar-refractivity contribution in [3.05, 3.63) is 22.8 Å². The first-order chi connectivity index (χ1) is 11.8. The van der Waals surface area contributed by atoms with E-state index >= 15 is 0 Å². The molecule has 2 aromatic rings. The maximum Gasteiger partial charge on any atom is 0.230 e. The van der Waals surface area contributed by atoms with Crippen molar-refractivity contribution in [3.63, 3.8) is 0 Å². The second kappa shape index (κ2) is 9.16. The first kappa shape index (κ1) is 20.4. The Morgan fingerprint density at radius 3 is 2.80 bits per heavy atom. The molecular formula is C18H29BrN2O3Si. The summed E-state index contributed by atoms with van der Waals surface area (Å²) < 4.78 is 14.5. The molecule has 0 saturated carbocycles. The molecule has 0 aliphatic rings. The maximum atomic E-state index is 9.00. The van der Waals surface area contributed by atoms with Crippen molar-refractivity contribution in [1.29, 1.82) is 0 Å². The molecule has 140 valence electrons. The van der Waals surface area contributed by atoms with Crippen LogP contribution in [-0.4, -0.2) is 42.6 Å². The number of hydrogen-bond acceptors (Lipinski definition) is 4. The van der Waals surface area contributed by atoms with Crippen molar-refractivity contribution in [2.75, 3.05) is 19.8 Å². The highest BCUT2D eigenvalue weighted by atomic mass is 79.9. The summed E-state index contributed by atoms with van der Waals surface area (Å²) in [7, 11) is -1.07. The van der Waals surface area contributed by atoms with E-state index in [1.54, 1.807) is 0 Å². The number of fused-ring (bicyclic) bond motifs is 1. The molecule has 1 N–H and O–H groups in total. The van der Waals surface area contributed by atoms with E-state index in [1.807, 2.05) is 22.9 Å². The van der Waals surface area contributed by atoms with Gasteiger partial charge in [0.05, 0.1) is 11.1 Å². The number of hydrogen-bond donors (Lipinski definition) is 1. The van der Waals surface area contributed by atoms with E-state index in [4.69, 9.17) is 14.6 Å². The Morgan fingerprint density at radius 2 is 2.12 bits per heavy atom. The third kappa shape index (κ3) is 6.40. The van der Waals surface area contributed by atoms with E-state index in [9.17, 15) is 0 Å². The largest absolute Gasteiger partial charge is 0.477 e. The van der Waals surface area contributed by atoms with Gasteiger partial charge in [0.2, 0.25) is 5.88 Å². The number of ether oxygens (including phenoxy) is 2. The van der Waals surface area contributed by atoms with Gasteiger partial charge < -0.3 is 19.1 Å². The molecule has 1 unspecified atom stereocenters. The number of aliphatic hydroxyl groups excluding tert-OH is 1. The Bertz CT molecular complexity index is 685. The van der Waals surface area contributed by atoms with Crippen LogP contribution in [0.15, 0.2) is 22.8 Å². The molecule has 0 fully saturated rings. The first-order valence-electron chi connectivity index (χ1n) is 8.77. The van der Waals surface area contributed by atoms with Gasteiger partial charge in [0.15, 0.2) is 0 Å². The molecular weight excluding hydrogens is 400 g/mol. The van der Waals surface area contributed by atoms with Crippen molar-refractivity contribution in [2.45, 2.75) is 45.8 Å². The van der Waals surface area contributed by atoms with Crippen molar-refractivity contribution >= 4 is 35.0 Å². The SMILES string of the molecule is CC(CCO)COc1nc2c(ccn2COCC[Si](C)(C)C)cc1Br. The number of aromatic nitrogens is 2. The molecule has 7 heteroatoms. The molecule has 0 spiro atoms. The van der Waals surface area contributed by atoms with Crippen LogP contribution in [0.3, 0.4) is 0 Å². The second-order valence-corrected chi connectivity index (χ2v) is 14.2. The molecule has 0 bridgehead atoms. The summed E-state index contributed by atoms with van der Waals surface area (Å²) in [4.78, 5) is 4.65. The molecule has 0 radical (unpaired) electrons. The van der Waals surface area contributed by atoms with Gasteiger partial charge in [-0.1, -0.05) is 26.6 Å². The molecule has 0 saturated heterocycles. The van der Waals surface area contributed by atoms with Gasteiger partial charge in [-0.15, -0.1) is 0 Å². The normalized spacial score (nSPS) is 13.4. The van der Waals surface area contributed by atoms with Gasteiger partial charge in [0.25, 0.3) is 0 Å².